The van der Waals surface area contributed by atoms with Gasteiger partial charge in [-0.15, -0.1) is 0 Å². The van der Waals surface area contributed by atoms with Gasteiger partial charge in [-0.2, -0.15) is 5.26 Å². The second-order valence-electron chi connectivity index (χ2n) is 4.78. The Hall–Kier alpha value is -2.32. The first-order chi connectivity index (χ1) is 9.95. The molecule has 0 spiro atoms. The van der Waals surface area contributed by atoms with Crippen molar-refractivity contribution in [2.75, 3.05) is 11.4 Å². The molecule has 4 nitrogen and oxygen atoms in total. The summed E-state index contributed by atoms with van der Waals surface area (Å²) in [6, 6.07) is 16.1. The zero-order valence-electron chi connectivity index (χ0n) is 11.9. The van der Waals surface area contributed by atoms with Crippen LogP contribution in [0.4, 0.5) is 5.69 Å². The number of benzene rings is 2. The predicted molar refractivity (Wildman–Crippen MR) is 83.4 cm³/mol. The van der Waals surface area contributed by atoms with Gasteiger partial charge < -0.3 is 0 Å². The number of hydrogen-bond acceptors (Lipinski definition) is 3. The summed E-state index contributed by atoms with van der Waals surface area (Å²) in [7, 11) is -2.00. The molecule has 5 heteroatoms. The van der Waals surface area contributed by atoms with Crippen LogP contribution in [-0.2, 0) is 15.8 Å². The van der Waals surface area contributed by atoms with Crippen LogP contribution in [0.1, 0.15) is 16.7 Å². The van der Waals surface area contributed by atoms with Crippen molar-refractivity contribution in [3.8, 4) is 6.07 Å². The average molecular weight is 300 g/mol. The first-order valence-corrected chi connectivity index (χ1v) is 8.07. The number of nitrogens with zero attached hydrogens (tertiary/aromatic N) is 2. The molecule has 2 aromatic rings. The average Bonchev–Trinajstić information content (AvgIpc) is 2.47. The molecule has 0 aromatic heterocycles. The number of sulfonamides is 1. The van der Waals surface area contributed by atoms with Crippen LogP contribution in [0.2, 0.25) is 0 Å². The monoisotopic (exact) mass is 300 g/mol. The van der Waals surface area contributed by atoms with Gasteiger partial charge in [0.15, 0.2) is 0 Å². The van der Waals surface area contributed by atoms with E-state index in [0.717, 1.165) is 5.56 Å². The highest BCUT2D eigenvalue weighted by atomic mass is 32.2. The summed E-state index contributed by atoms with van der Waals surface area (Å²) in [5.41, 5.74) is 2.43. The third kappa shape index (κ3) is 3.23. The summed E-state index contributed by atoms with van der Waals surface area (Å²) in [4.78, 5) is 0. The smallest absolute Gasteiger partial charge is 0.239 e. The summed E-state index contributed by atoms with van der Waals surface area (Å²) in [6.07, 6.45) is 0. The lowest BCUT2D eigenvalue weighted by Gasteiger charge is -2.21. The van der Waals surface area contributed by atoms with Crippen molar-refractivity contribution in [3.63, 3.8) is 0 Å². The van der Waals surface area contributed by atoms with Crippen LogP contribution in [0, 0.1) is 18.3 Å². The molecule has 0 aliphatic carbocycles. The van der Waals surface area contributed by atoms with E-state index in [4.69, 9.17) is 5.26 Å². The Morgan fingerprint density at radius 2 is 1.71 bits per heavy atom. The SMILES string of the molecule is Cc1ccccc1N(C)S(=O)(=O)Cc1ccccc1C#N. The molecular weight excluding hydrogens is 284 g/mol. The molecule has 0 bridgehead atoms. The fraction of sp³-hybridized carbons (Fsp3) is 0.188. The molecule has 0 heterocycles. The van der Waals surface area contributed by atoms with Crippen LogP contribution >= 0.6 is 0 Å². The minimum Gasteiger partial charge on any atom is -0.273 e. The Kier molecular flexibility index (Phi) is 4.29. The molecule has 0 radical (unpaired) electrons. The lowest BCUT2D eigenvalue weighted by atomic mass is 10.1. The Bertz CT molecular complexity index is 792. The first-order valence-electron chi connectivity index (χ1n) is 6.46. The van der Waals surface area contributed by atoms with E-state index in [1.807, 2.05) is 25.1 Å². The quantitative estimate of drug-likeness (QED) is 0.872. The summed E-state index contributed by atoms with van der Waals surface area (Å²) in [6.45, 7) is 1.87. The Morgan fingerprint density at radius 1 is 1.10 bits per heavy atom. The van der Waals surface area contributed by atoms with Crippen LogP contribution in [0.3, 0.4) is 0 Å². The van der Waals surface area contributed by atoms with E-state index in [2.05, 4.69) is 0 Å². The maximum Gasteiger partial charge on any atom is 0.239 e. The second kappa shape index (κ2) is 5.98. The van der Waals surface area contributed by atoms with Gasteiger partial charge in [0.05, 0.1) is 23.1 Å². The topological polar surface area (TPSA) is 61.2 Å². The van der Waals surface area contributed by atoms with Crippen molar-refractivity contribution in [1.82, 2.24) is 0 Å². The number of aryl methyl sites for hydroxylation is 1. The Labute approximate surface area is 125 Å². The summed E-state index contributed by atoms with van der Waals surface area (Å²) < 4.78 is 26.3. The summed E-state index contributed by atoms with van der Waals surface area (Å²) >= 11 is 0. The maximum absolute atomic E-state index is 12.5. The van der Waals surface area contributed by atoms with Gasteiger partial charge in [-0.25, -0.2) is 8.42 Å². The van der Waals surface area contributed by atoms with Crippen LogP contribution in [0.25, 0.3) is 0 Å². The minimum atomic E-state index is -3.54. The zero-order valence-corrected chi connectivity index (χ0v) is 12.8. The lowest BCUT2D eigenvalue weighted by molar-refractivity contribution is 0.593. The van der Waals surface area contributed by atoms with E-state index < -0.39 is 10.0 Å². The molecule has 21 heavy (non-hydrogen) atoms. The molecule has 0 aliphatic rings. The summed E-state index contributed by atoms with van der Waals surface area (Å²) in [5.74, 6) is -0.193. The first kappa shape index (κ1) is 15.1. The van der Waals surface area contributed by atoms with E-state index >= 15 is 0 Å². The second-order valence-corrected chi connectivity index (χ2v) is 6.78. The maximum atomic E-state index is 12.5. The number of hydrogen-bond donors (Lipinski definition) is 0. The highest BCUT2D eigenvalue weighted by Gasteiger charge is 2.21. The standard InChI is InChI=1S/C16H16N2O2S/c1-13-7-3-6-10-16(13)18(2)21(19,20)12-15-9-5-4-8-14(15)11-17/h3-10H,12H2,1-2H3. The number of nitriles is 1. The predicted octanol–water partition coefficient (Wildman–Crippen LogP) is 2.83. The summed E-state index contributed by atoms with van der Waals surface area (Å²) in [5, 5.41) is 9.06. The van der Waals surface area contributed by atoms with Crippen molar-refractivity contribution >= 4 is 15.7 Å². The van der Waals surface area contributed by atoms with E-state index in [-0.39, 0.29) is 5.75 Å². The highest BCUT2D eigenvalue weighted by Crippen LogP contribution is 2.23. The van der Waals surface area contributed by atoms with Crippen LogP contribution in [-0.4, -0.2) is 15.5 Å². The molecule has 108 valence electrons. The van der Waals surface area contributed by atoms with E-state index in [1.165, 1.54) is 11.4 Å². The van der Waals surface area contributed by atoms with Crippen molar-refractivity contribution < 1.29 is 8.42 Å². The van der Waals surface area contributed by atoms with Gasteiger partial charge in [0.25, 0.3) is 0 Å². The van der Waals surface area contributed by atoms with Gasteiger partial charge in [0.2, 0.25) is 10.0 Å². The molecule has 0 N–H and O–H groups in total. The van der Waals surface area contributed by atoms with Crippen LogP contribution in [0.5, 0.6) is 0 Å². The fourth-order valence-electron chi connectivity index (χ4n) is 2.12. The van der Waals surface area contributed by atoms with Crippen molar-refractivity contribution in [2.45, 2.75) is 12.7 Å². The van der Waals surface area contributed by atoms with Gasteiger partial charge >= 0.3 is 0 Å². The van der Waals surface area contributed by atoms with E-state index in [9.17, 15) is 8.42 Å². The molecule has 0 fully saturated rings. The Morgan fingerprint density at radius 3 is 2.38 bits per heavy atom. The third-order valence-corrected chi connectivity index (χ3v) is 5.05. The van der Waals surface area contributed by atoms with Gasteiger partial charge in [0.1, 0.15) is 0 Å². The van der Waals surface area contributed by atoms with Crippen molar-refractivity contribution in [1.29, 1.82) is 5.26 Å². The molecule has 0 amide bonds. The largest absolute Gasteiger partial charge is 0.273 e. The zero-order chi connectivity index (χ0) is 15.5. The van der Waals surface area contributed by atoms with Gasteiger partial charge in [0, 0.05) is 7.05 Å². The third-order valence-electron chi connectivity index (χ3n) is 3.35. The Balaban J connectivity index is 2.35. The van der Waals surface area contributed by atoms with Gasteiger partial charge in [-0.05, 0) is 30.2 Å². The normalized spacial score (nSPS) is 10.9. The van der Waals surface area contributed by atoms with E-state index in [1.54, 1.807) is 36.4 Å². The molecular formula is C16H16N2O2S. The van der Waals surface area contributed by atoms with E-state index in [0.29, 0.717) is 16.8 Å². The highest BCUT2D eigenvalue weighted by molar-refractivity contribution is 7.92. The van der Waals surface area contributed by atoms with Gasteiger partial charge in [-0.1, -0.05) is 36.4 Å². The number of rotatable bonds is 4. The lowest BCUT2D eigenvalue weighted by Crippen LogP contribution is -2.28. The minimum absolute atomic E-state index is 0.193. The molecule has 0 unspecified atom stereocenters. The molecule has 0 saturated heterocycles. The molecule has 0 saturated carbocycles. The molecule has 2 aromatic carbocycles. The van der Waals surface area contributed by atoms with Crippen LogP contribution in [0.15, 0.2) is 48.5 Å². The fourth-order valence-corrected chi connectivity index (χ4v) is 3.46. The number of para-hydroxylation sites is 1. The van der Waals surface area contributed by atoms with Crippen molar-refractivity contribution in [3.05, 3.63) is 65.2 Å². The number of anilines is 1. The molecule has 0 atom stereocenters. The van der Waals surface area contributed by atoms with Crippen molar-refractivity contribution in [2.24, 2.45) is 0 Å². The molecule has 0 aliphatic heterocycles. The van der Waals surface area contributed by atoms with Gasteiger partial charge in [-0.3, -0.25) is 4.31 Å². The van der Waals surface area contributed by atoms with Crippen LogP contribution < -0.4 is 4.31 Å². The molecule has 2 rings (SSSR count).